The number of carbonyl (C=O) groups excluding carboxylic acids is 1. The molecule has 9 heteroatoms. The summed E-state index contributed by atoms with van der Waals surface area (Å²) in [5, 5.41) is 5.12. The molecule has 1 fully saturated rings. The third-order valence-corrected chi connectivity index (χ3v) is 8.18. The number of halogens is 2. The van der Waals surface area contributed by atoms with E-state index in [0.29, 0.717) is 12.1 Å². The van der Waals surface area contributed by atoms with Gasteiger partial charge in [-0.25, -0.2) is 4.98 Å². The number of aromatic amines is 1. The normalized spacial score (nSPS) is 15.0. The van der Waals surface area contributed by atoms with Gasteiger partial charge < -0.3 is 25.8 Å². The molecule has 1 aliphatic heterocycles. The second-order valence-corrected chi connectivity index (χ2v) is 11.7. The Kier molecular flexibility index (Phi) is 8.76. The molecule has 2 aromatic carbocycles. The van der Waals surface area contributed by atoms with Gasteiger partial charge in [-0.05, 0) is 97.5 Å². The van der Waals surface area contributed by atoms with Crippen molar-refractivity contribution in [2.75, 3.05) is 52.4 Å². The molecule has 0 radical (unpaired) electrons. The number of pyridine rings is 1. The molecule has 2 aromatic heterocycles. The Morgan fingerprint density at radius 1 is 1.03 bits per heavy atom. The van der Waals surface area contributed by atoms with Crippen LogP contribution in [0.15, 0.2) is 53.1 Å². The summed E-state index contributed by atoms with van der Waals surface area (Å²) in [7, 11) is 0. The summed E-state index contributed by atoms with van der Waals surface area (Å²) < 4.78 is 2.08. The summed E-state index contributed by atoms with van der Waals surface area (Å²) in [4.78, 5) is 26.7. The largest absolute Gasteiger partial charge is 0.360 e. The van der Waals surface area contributed by atoms with Crippen LogP contribution in [0.2, 0.25) is 0 Å². The first-order chi connectivity index (χ1) is 18.0. The summed E-state index contributed by atoms with van der Waals surface area (Å²) >= 11 is 5.86. The van der Waals surface area contributed by atoms with Gasteiger partial charge in [0.15, 0.2) is 0 Å². The van der Waals surface area contributed by atoms with Crippen LogP contribution in [0.1, 0.15) is 23.2 Å². The maximum atomic E-state index is 13.4. The lowest BCUT2D eigenvalue weighted by Crippen LogP contribution is -2.47. The number of H-pyrrole nitrogens is 1. The number of hydrogen-bond donors (Lipinski definition) is 3. The number of nitrogens with zero attached hydrogens (tertiary/aromatic N) is 3. The van der Waals surface area contributed by atoms with E-state index in [4.69, 9.17) is 10.7 Å². The topological polar surface area (TPSA) is 90.3 Å². The molecule has 5 rings (SSSR count). The maximum absolute atomic E-state index is 13.4. The van der Waals surface area contributed by atoms with E-state index >= 15 is 0 Å². The van der Waals surface area contributed by atoms with Crippen LogP contribution >= 0.6 is 38.5 Å². The lowest BCUT2D eigenvalue weighted by Gasteiger charge is -2.34. The third-order valence-electron chi connectivity index (χ3n) is 7.02. The Hall–Kier alpha value is -2.05. The molecule has 0 atom stereocenters. The standard InChI is InChI=1S/C28H32BrIN6O/c29-19-3-5-25-21(15-19)24(18-33-25)27-17-23(22-16-20(30)4-6-26(22)34-27)28(37)32-8-2-10-36-13-11-35(12-14-36)9-1-7-31/h3-6,15-18,33H,1-2,7-14,31H2,(H,32,37). The fourth-order valence-electron chi connectivity index (χ4n) is 4.98. The zero-order chi connectivity index (χ0) is 25.8. The molecule has 0 aliphatic carbocycles. The summed E-state index contributed by atoms with van der Waals surface area (Å²) in [6.07, 6.45) is 3.96. The molecule has 0 spiro atoms. The molecule has 3 heterocycles. The highest BCUT2D eigenvalue weighted by molar-refractivity contribution is 14.1. The molecule has 1 aliphatic rings. The maximum Gasteiger partial charge on any atom is 0.252 e. The molecule has 194 valence electrons. The monoisotopic (exact) mass is 674 g/mol. The fraction of sp³-hybridized carbons (Fsp3) is 0.357. The molecule has 4 N–H and O–H groups in total. The lowest BCUT2D eigenvalue weighted by molar-refractivity contribution is 0.0949. The number of aromatic nitrogens is 2. The molecule has 1 saturated heterocycles. The van der Waals surface area contributed by atoms with Crippen LogP contribution in [-0.2, 0) is 0 Å². The number of piperazine rings is 1. The predicted molar refractivity (Wildman–Crippen MR) is 163 cm³/mol. The van der Waals surface area contributed by atoms with Crippen molar-refractivity contribution in [1.82, 2.24) is 25.1 Å². The molecule has 37 heavy (non-hydrogen) atoms. The first-order valence-electron chi connectivity index (χ1n) is 12.8. The van der Waals surface area contributed by atoms with Gasteiger partial charge in [-0.3, -0.25) is 4.79 Å². The highest BCUT2D eigenvalue weighted by atomic mass is 127. The van der Waals surface area contributed by atoms with Crippen molar-refractivity contribution in [3.05, 3.63) is 62.3 Å². The van der Waals surface area contributed by atoms with Gasteiger partial charge in [-0.15, -0.1) is 0 Å². The van der Waals surface area contributed by atoms with E-state index in [1.54, 1.807) is 0 Å². The van der Waals surface area contributed by atoms with E-state index in [0.717, 1.165) is 99.8 Å². The van der Waals surface area contributed by atoms with E-state index < -0.39 is 0 Å². The SMILES string of the molecule is NCCCN1CCN(CCCNC(=O)c2cc(-c3c[nH]c4ccc(Br)cc34)nc3ccc(I)cc23)CC1. The van der Waals surface area contributed by atoms with Crippen LogP contribution in [0, 0.1) is 3.57 Å². The van der Waals surface area contributed by atoms with Gasteiger partial charge >= 0.3 is 0 Å². The molecule has 4 aromatic rings. The van der Waals surface area contributed by atoms with Gasteiger partial charge in [-0.1, -0.05) is 15.9 Å². The zero-order valence-corrected chi connectivity index (χ0v) is 24.5. The van der Waals surface area contributed by atoms with Crippen molar-refractivity contribution in [3.63, 3.8) is 0 Å². The highest BCUT2D eigenvalue weighted by Gasteiger charge is 2.18. The minimum Gasteiger partial charge on any atom is -0.360 e. The number of nitrogens with one attached hydrogen (secondary N) is 2. The van der Waals surface area contributed by atoms with Gasteiger partial charge in [0.05, 0.1) is 16.8 Å². The van der Waals surface area contributed by atoms with E-state index in [2.05, 4.69) is 64.7 Å². The first kappa shape index (κ1) is 26.6. The van der Waals surface area contributed by atoms with Crippen molar-refractivity contribution in [2.24, 2.45) is 5.73 Å². The molecule has 1 amide bonds. The van der Waals surface area contributed by atoms with Crippen molar-refractivity contribution in [3.8, 4) is 11.3 Å². The van der Waals surface area contributed by atoms with Crippen LogP contribution in [0.4, 0.5) is 0 Å². The van der Waals surface area contributed by atoms with Gasteiger partial charge in [-0.2, -0.15) is 0 Å². The second-order valence-electron chi connectivity index (χ2n) is 9.54. The van der Waals surface area contributed by atoms with Crippen LogP contribution < -0.4 is 11.1 Å². The van der Waals surface area contributed by atoms with Crippen molar-refractivity contribution >= 4 is 66.2 Å². The number of benzene rings is 2. The molecule has 0 bridgehead atoms. The Bertz CT molecular complexity index is 1400. The Labute approximate surface area is 239 Å². The zero-order valence-electron chi connectivity index (χ0n) is 20.8. The molecule has 0 saturated carbocycles. The van der Waals surface area contributed by atoms with Crippen LogP contribution in [0.3, 0.4) is 0 Å². The number of nitrogens with two attached hydrogens (primary N) is 1. The summed E-state index contributed by atoms with van der Waals surface area (Å²) in [6.45, 7) is 7.85. The van der Waals surface area contributed by atoms with Crippen LogP contribution in [-0.4, -0.2) is 78.0 Å². The molecule has 0 unspecified atom stereocenters. The van der Waals surface area contributed by atoms with E-state index in [1.165, 1.54) is 0 Å². The van der Waals surface area contributed by atoms with Gasteiger partial charge in [0.2, 0.25) is 0 Å². The van der Waals surface area contributed by atoms with E-state index in [-0.39, 0.29) is 5.91 Å². The van der Waals surface area contributed by atoms with Crippen molar-refractivity contribution in [2.45, 2.75) is 12.8 Å². The lowest BCUT2D eigenvalue weighted by atomic mass is 10.0. The average molecular weight is 675 g/mol. The molecular formula is C28H32BrIN6O. The predicted octanol–water partition coefficient (Wildman–Crippen LogP) is 4.84. The van der Waals surface area contributed by atoms with Crippen molar-refractivity contribution < 1.29 is 4.79 Å². The van der Waals surface area contributed by atoms with Gasteiger partial charge in [0.25, 0.3) is 5.91 Å². The number of carbonyl (C=O) groups is 1. The second kappa shape index (κ2) is 12.2. The van der Waals surface area contributed by atoms with Gasteiger partial charge in [0, 0.05) is 68.8 Å². The molecule has 7 nitrogen and oxygen atoms in total. The minimum absolute atomic E-state index is 0.0525. The fourth-order valence-corrected chi connectivity index (χ4v) is 5.83. The first-order valence-corrected chi connectivity index (χ1v) is 14.7. The number of rotatable bonds is 9. The van der Waals surface area contributed by atoms with Gasteiger partial charge in [0.1, 0.15) is 0 Å². The van der Waals surface area contributed by atoms with Crippen LogP contribution in [0.25, 0.3) is 33.1 Å². The van der Waals surface area contributed by atoms with Crippen LogP contribution in [0.5, 0.6) is 0 Å². The quantitative estimate of drug-likeness (QED) is 0.175. The Balaban J connectivity index is 1.29. The minimum atomic E-state index is -0.0525. The summed E-state index contributed by atoms with van der Waals surface area (Å²) in [6, 6.07) is 14.1. The Morgan fingerprint density at radius 2 is 1.78 bits per heavy atom. The van der Waals surface area contributed by atoms with Crippen molar-refractivity contribution in [1.29, 1.82) is 0 Å². The number of amides is 1. The average Bonchev–Trinajstić information content (AvgIpc) is 3.33. The summed E-state index contributed by atoms with van der Waals surface area (Å²) in [5.41, 5.74) is 9.93. The smallest absolute Gasteiger partial charge is 0.252 e. The van der Waals surface area contributed by atoms with E-state index in [1.807, 2.05) is 42.6 Å². The number of fused-ring (bicyclic) bond motifs is 2. The Morgan fingerprint density at radius 3 is 2.54 bits per heavy atom. The summed E-state index contributed by atoms with van der Waals surface area (Å²) in [5.74, 6) is -0.0525. The van der Waals surface area contributed by atoms with E-state index in [9.17, 15) is 4.79 Å². The number of hydrogen-bond acceptors (Lipinski definition) is 5. The highest BCUT2D eigenvalue weighted by Crippen LogP contribution is 2.32. The third kappa shape index (κ3) is 6.34. The molecular weight excluding hydrogens is 643 g/mol.